The fourth-order valence-corrected chi connectivity index (χ4v) is 3.09. The van der Waals surface area contributed by atoms with Crippen LogP contribution in [0, 0.1) is 0 Å². The summed E-state index contributed by atoms with van der Waals surface area (Å²) in [5.41, 5.74) is 4.36. The molecule has 119 valence electrons. The van der Waals surface area contributed by atoms with E-state index in [1.54, 1.807) is 0 Å². The summed E-state index contributed by atoms with van der Waals surface area (Å²) in [6.07, 6.45) is 7.68. The Morgan fingerprint density at radius 3 is 2.09 bits per heavy atom. The summed E-state index contributed by atoms with van der Waals surface area (Å²) in [6.45, 7) is 11.5. The molecule has 0 saturated heterocycles. The monoisotopic (exact) mass is 372 g/mol. The van der Waals surface area contributed by atoms with E-state index in [9.17, 15) is 0 Å². The van der Waals surface area contributed by atoms with Crippen LogP contribution in [0.5, 0.6) is 0 Å². The molecule has 0 spiro atoms. The summed E-state index contributed by atoms with van der Waals surface area (Å²) < 4.78 is 2.46. The van der Waals surface area contributed by atoms with Crippen molar-refractivity contribution in [2.45, 2.75) is 52.1 Å². The van der Waals surface area contributed by atoms with Crippen LogP contribution in [0.1, 0.15) is 52.2 Å². The first-order valence-electron chi connectivity index (χ1n) is 7.22. The number of allylic oxidation sites excluding steroid dienone is 4. The predicted octanol–water partition coefficient (Wildman–Crippen LogP) is -1.16. The van der Waals surface area contributed by atoms with Crippen molar-refractivity contribution >= 4 is 5.57 Å². The Balaban J connectivity index is 0.00000220. The van der Waals surface area contributed by atoms with Crippen molar-refractivity contribution < 1.29 is 45.5 Å². The standard InChI is InChI=1S/C18H24N.2ClH.Ti/c1-17(2,3)19-18(4,5)16-13-9-8-12-15(16)14-10-6-7-11-14;;;/h6-10,12-13H,11H2,1-5H3;2*1H;/q-1;;;+3/p-2. The van der Waals surface area contributed by atoms with Gasteiger partial charge in [-0.3, -0.25) is 0 Å². The van der Waals surface area contributed by atoms with Crippen LogP contribution in [0.3, 0.4) is 0 Å². The van der Waals surface area contributed by atoms with E-state index in [2.05, 4.69) is 101 Å². The Kier molecular flexibility index (Phi) is 8.15. The molecular formula is C18H24Cl2NTi. The van der Waals surface area contributed by atoms with Crippen molar-refractivity contribution in [3.8, 4) is 0 Å². The zero-order valence-corrected chi connectivity index (χ0v) is 17.0. The van der Waals surface area contributed by atoms with E-state index in [-0.39, 0.29) is 35.9 Å². The molecule has 4 heteroatoms. The van der Waals surface area contributed by atoms with Crippen LogP contribution < -0.4 is 24.8 Å². The summed E-state index contributed by atoms with van der Waals surface area (Å²) >= 11 is 2.22. The molecule has 0 radical (unpaired) electrons. The fraction of sp³-hybridized carbons (Fsp3) is 0.444. The molecule has 22 heavy (non-hydrogen) atoms. The van der Waals surface area contributed by atoms with Gasteiger partial charge in [-0.2, -0.15) is 0 Å². The van der Waals surface area contributed by atoms with Gasteiger partial charge in [0.15, 0.2) is 0 Å². The van der Waals surface area contributed by atoms with E-state index in [4.69, 9.17) is 0 Å². The topological polar surface area (TPSA) is 3.24 Å². The molecular weight excluding hydrogens is 349 g/mol. The maximum atomic E-state index is 2.46. The van der Waals surface area contributed by atoms with Crippen molar-refractivity contribution in [2.24, 2.45) is 0 Å². The van der Waals surface area contributed by atoms with Gasteiger partial charge < -0.3 is 24.8 Å². The van der Waals surface area contributed by atoms with Crippen LogP contribution >= 0.6 is 0 Å². The van der Waals surface area contributed by atoms with Gasteiger partial charge in [0.2, 0.25) is 0 Å². The molecule has 1 aromatic rings. The largest absolute Gasteiger partial charge is 1.00 e. The number of benzene rings is 1. The van der Waals surface area contributed by atoms with Gasteiger partial charge in [-0.05, 0) is 0 Å². The molecule has 1 aromatic carbocycles. The first-order chi connectivity index (χ1) is 9.24. The minimum absolute atomic E-state index is 0. The average molecular weight is 373 g/mol. The van der Waals surface area contributed by atoms with Crippen LogP contribution in [0.25, 0.3) is 5.57 Å². The van der Waals surface area contributed by atoms with Crippen molar-refractivity contribution in [1.29, 1.82) is 0 Å². The third-order valence-corrected chi connectivity index (χ3v) is 5.85. The van der Waals surface area contributed by atoms with E-state index in [0.29, 0.717) is 0 Å². The van der Waals surface area contributed by atoms with E-state index < -0.39 is 0 Å². The third kappa shape index (κ3) is 4.49. The Morgan fingerprint density at radius 1 is 1.00 bits per heavy atom. The maximum absolute atomic E-state index is 2.46. The zero-order chi connectivity index (χ0) is 15.0. The van der Waals surface area contributed by atoms with E-state index in [0.717, 1.165) is 6.42 Å². The molecule has 0 N–H and O–H groups in total. The number of hydrogen-bond acceptors (Lipinski definition) is 1. The third-order valence-electron chi connectivity index (χ3n) is 3.93. The second-order valence-electron chi connectivity index (χ2n) is 6.94. The molecule has 1 aliphatic rings. The maximum Gasteiger partial charge on any atom is -1.00 e. The van der Waals surface area contributed by atoms with E-state index in [1.807, 2.05) is 0 Å². The van der Waals surface area contributed by atoms with Crippen molar-refractivity contribution in [3.05, 3.63) is 53.6 Å². The Morgan fingerprint density at radius 2 is 1.59 bits per heavy atom. The second-order valence-corrected chi connectivity index (χ2v) is 7.63. The minimum Gasteiger partial charge on any atom is -1.00 e. The molecule has 0 amide bonds. The van der Waals surface area contributed by atoms with Crippen molar-refractivity contribution in [3.63, 3.8) is 0 Å². The van der Waals surface area contributed by atoms with Gasteiger partial charge in [-0.15, -0.1) is 0 Å². The van der Waals surface area contributed by atoms with Gasteiger partial charge in [-0.25, -0.2) is 0 Å². The molecule has 0 atom stereocenters. The Hall–Kier alpha value is -0.0457. The van der Waals surface area contributed by atoms with Crippen LogP contribution in [-0.4, -0.2) is 8.92 Å². The molecule has 0 saturated carbocycles. The minimum atomic E-state index is -0.00171. The Labute approximate surface area is 159 Å². The summed E-state index contributed by atoms with van der Waals surface area (Å²) in [6, 6.07) is 8.83. The van der Waals surface area contributed by atoms with E-state index in [1.165, 1.54) is 16.7 Å². The second kappa shape index (κ2) is 8.17. The molecule has 0 unspecified atom stereocenters. The predicted molar refractivity (Wildman–Crippen MR) is 82.8 cm³/mol. The summed E-state index contributed by atoms with van der Waals surface area (Å²) in [4.78, 5) is 0. The molecule has 1 nitrogen and oxygen atoms in total. The number of nitrogens with zero attached hydrogens (tertiary/aromatic N) is 1. The van der Waals surface area contributed by atoms with Crippen LogP contribution in [0.4, 0.5) is 0 Å². The molecule has 0 aliphatic heterocycles. The van der Waals surface area contributed by atoms with E-state index >= 15 is 0 Å². The van der Waals surface area contributed by atoms with Gasteiger partial charge >= 0.3 is 135 Å². The van der Waals surface area contributed by atoms with Crippen molar-refractivity contribution in [1.82, 2.24) is 3.38 Å². The van der Waals surface area contributed by atoms with Crippen LogP contribution in [-0.2, 0) is 26.2 Å². The zero-order valence-electron chi connectivity index (χ0n) is 14.0. The Bertz CT molecular complexity index is 556. The van der Waals surface area contributed by atoms with Gasteiger partial charge in [0.1, 0.15) is 0 Å². The van der Waals surface area contributed by atoms with Gasteiger partial charge in [0, 0.05) is 0 Å². The molecule has 0 bridgehead atoms. The quantitative estimate of drug-likeness (QED) is 0.605. The van der Waals surface area contributed by atoms with Gasteiger partial charge in [0.25, 0.3) is 0 Å². The smallest absolute Gasteiger partial charge is 1.00 e. The average Bonchev–Trinajstić information content (AvgIpc) is 2.90. The van der Waals surface area contributed by atoms with Gasteiger partial charge in [0.05, 0.1) is 0 Å². The van der Waals surface area contributed by atoms with Crippen LogP contribution in [0.2, 0.25) is 0 Å². The first kappa shape index (κ1) is 22.0. The van der Waals surface area contributed by atoms with Crippen molar-refractivity contribution in [2.75, 3.05) is 0 Å². The summed E-state index contributed by atoms with van der Waals surface area (Å²) in [5, 5.41) is 0. The number of hydrogen-bond donors (Lipinski definition) is 0. The molecule has 2 rings (SSSR count). The fourth-order valence-electron chi connectivity index (χ4n) is 2.90. The van der Waals surface area contributed by atoms with Gasteiger partial charge in [-0.1, -0.05) is 0 Å². The number of rotatable bonds is 3. The molecule has 0 fully saturated rings. The normalized spacial score (nSPS) is 14.5. The van der Waals surface area contributed by atoms with Crippen LogP contribution in [0.15, 0.2) is 42.5 Å². The SMILES string of the molecule is CC(C)(C)[N]([Ti+2])C(C)(C)c1ccccc1C1=CC=CC1.[Cl-].[Cl-]. The molecule has 0 heterocycles. The summed E-state index contributed by atoms with van der Waals surface area (Å²) in [7, 11) is 0. The summed E-state index contributed by atoms with van der Waals surface area (Å²) in [5.74, 6) is 0. The molecule has 0 aromatic heterocycles. The molecule has 1 aliphatic carbocycles. The first-order valence-corrected chi connectivity index (χ1v) is 7.91. The number of halogens is 2.